The molecule has 0 atom stereocenters. The largest absolute Gasteiger partial charge is 0.494 e. The van der Waals surface area contributed by atoms with Crippen LogP contribution in [-0.2, 0) is 4.79 Å². The Bertz CT molecular complexity index is 946. The Hall–Kier alpha value is -2.98. The average Bonchev–Trinajstić information content (AvgIpc) is 3.03. The van der Waals surface area contributed by atoms with Crippen molar-refractivity contribution in [3.05, 3.63) is 48.0 Å². The standard InChI is InChI=1S/C18H16N4O2S/c1-2-24-13-7-8-15-16(9-13)22-18(21-15)25-11-17(23)20-14-6-4-3-5-12(14)10-19/h3-9H,2,11H2,1H3,(H,20,23)(H,21,22). The molecule has 0 aliphatic heterocycles. The van der Waals surface area contributed by atoms with E-state index in [4.69, 9.17) is 10.00 Å². The number of imidazole rings is 1. The third-order valence-electron chi connectivity index (χ3n) is 3.40. The Balaban J connectivity index is 1.64. The number of hydrogen-bond acceptors (Lipinski definition) is 5. The Morgan fingerprint density at radius 3 is 3.00 bits per heavy atom. The Labute approximate surface area is 149 Å². The van der Waals surface area contributed by atoms with Crippen molar-refractivity contribution in [1.82, 2.24) is 9.97 Å². The summed E-state index contributed by atoms with van der Waals surface area (Å²) in [6.45, 7) is 2.53. The van der Waals surface area contributed by atoms with Gasteiger partial charge >= 0.3 is 0 Å². The minimum absolute atomic E-state index is 0.192. The number of benzene rings is 2. The van der Waals surface area contributed by atoms with Crippen LogP contribution in [0.15, 0.2) is 47.6 Å². The normalized spacial score (nSPS) is 10.4. The highest BCUT2D eigenvalue weighted by Gasteiger charge is 2.10. The zero-order valence-electron chi connectivity index (χ0n) is 13.6. The lowest BCUT2D eigenvalue weighted by Crippen LogP contribution is -2.14. The molecule has 0 spiro atoms. The number of nitriles is 1. The quantitative estimate of drug-likeness (QED) is 0.662. The third kappa shape index (κ3) is 4.11. The number of rotatable bonds is 6. The van der Waals surface area contributed by atoms with Crippen molar-refractivity contribution in [2.75, 3.05) is 17.7 Å². The summed E-state index contributed by atoms with van der Waals surface area (Å²) in [5.74, 6) is 0.780. The molecule has 3 aromatic rings. The molecule has 0 unspecified atom stereocenters. The fourth-order valence-electron chi connectivity index (χ4n) is 2.30. The lowest BCUT2D eigenvalue weighted by Gasteiger charge is -2.05. The molecule has 2 aromatic carbocycles. The first-order valence-electron chi connectivity index (χ1n) is 7.74. The van der Waals surface area contributed by atoms with Crippen LogP contribution in [0.25, 0.3) is 11.0 Å². The van der Waals surface area contributed by atoms with Crippen LogP contribution >= 0.6 is 11.8 Å². The predicted molar refractivity (Wildman–Crippen MR) is 97.8 cm³/mol. The van der Waals surface area contributed by atoms with E-state index in [-0.39, 0.29) is 11.7 Å². The van der Waals surface area contributed by atoms with Crippen molar-refractivity contribution in [2.24, 2.45) is 0 Å². The Morgan fingerprint density at radius 1 is 1.36 bits per heavy atom. The average molecular weight is 352 g/mol. The van der Waals surface area contributed by atoms with Gasteiger partial charge in [-0.05, 0) is 31.2 Å². The van der Waals surface area contributed by atoms with E-state index in [9.17, 15) is 4.79 Å². The molecule has 2 N–H and O–H groups in total. The first-order chi connectivity index (χ1) is 12.2. The van der Waals surface area contributed by atoms with Crippen molar-refractivity contribution in [3.63, 3.8) is 0 Å². The topological polar surface area (TPSA) is 90.8 Å². The number of anilines is 1. The third-order valence-corrected chi connectivity index (χ3v) is 4.28. The van der Waals surface area contributed by atoms with Gasteiger partial charge in [0.25, 0.3) is 0 Å². The molecule has 0 bridgehead atoms. The summed E-state index contributed by atoms with van der Waals surface area (Å²) in [6.07, 6.45) is 0. The second-order valence-corrected chi connectivity index (χ2v) is 6.11. The smallest absolute Gasteiger partial charge is 0.234 e. The number of hydrogen-bond donors (Lipinski definition) is 2. The highest BCUT2D eigenvalue weighted by Crippen LogP contribution is 2.23. The van der Waals surface area contributed by atoms with Gasteiger partial charge in [0.2, 0.25) is 5.91 Å². The van der Waals surface area contributed by atoms with Crippen molar-refractivity contribution >= 4 is 34.4 Å². The molecule has 25 heavy (non-hydrogen) atoms. The number of ether oxygens (including phenoxy) is 1. The van der Waals surface area contributed by atoms with Crippen molar-refractivity contribution in [3.8, 4) is 11.8 Å². The molecule has 126 valence electrons. The molecule has 1 heterocycles. The molecule has 6 nitrogen and oxygen atoms in total. The fraction of sp³-hybridized carbons (Fsp3) is 0.167. The first kappa shape index (κ1) is 16.9. The maximum absolute atomic E-state index is 12.1. The van der Waals surface area contributed by atoms with Crippen LogP contribution in [0.2, 0.25) is 0 Å². The summed E-state index contributed by atoms with van der Waals surface area (Å²) < 4.78 is 5.46. The number of carbonyl (C=O) groups is 1. The van der Waals surface area contributed by atoms with E-state index in [0.717, 1.165) is 16.8 Å². The number of nitrogens with one attached hydrogen (secondary N) is 2. The van der Waals surface area contributed by atoms with Gasteiger partial charge in [0.15, 0.2) is 5.16 Å². The first-order valence-corrected chi connectivity index (χ1v) is 8.72. The van der Waals surface area contributed by atoms with Crippen LogP contribution in [0.1, 0.15) is 12.5 Å². The second-order valence-electron chi connectivity index (χ2n) is 5.15. The Kier molecular flexibility index (Phi) is 5.21. The number of fused-ring (bicyclic) bond motifs is 1. The van der Waals surface area contributed by atoms with E-state index in [1.807, 2.05) is 25.1 Å². The van der Waals surface area contributed by atoms with Gasteiger partial charge in [-0.2, -0.15) is 5.26 Å². The maximum Gasteiger partial charge on any atom is 0.234 e. The van der Waals surface area contributed by atoms with Crippen LogP contribution in [-0.4, -0.2) is 28.2 Å². The van der Waals surface area contributed by atoms with E-state index in [2.05, 4.69) is 21.4 Å². The second kappa shape index (κ2) is 7.73. The van der Waals surface area contributed by atoms with Crippen LogP contribution in [0.3, 0.4) is 0 Å². The van der Waals surface area contributed by atoms with Crippen LogP contribution in [0.4, 0.5) is 5.69 Å². The Morgan fingerprint density at radius 2 is 2.20 bits per heavy atom. The van der Waals surface area contributed by atoms with E-state index in [0.29, 0.717) is 23.0 Å². The van der Waals surface area contributed by atoms with Gasteiger partial charge in [-0.1, -0.05) is 23.9 Å². The summed E-state index contributed by atoms with van der Waals surface area (Å²) in [6, 6.07) is 14.6. The van der Waals surface area contributed by atoms with Crippen LogP contribution < -0.4 is 10.1 Å². The molecule has 7 heteroatoms. The van der Waals surface area contributed by atoms with E-state index >= 15 is 0 Å². The predicted octanol–water partition coefficient (Wildman–Crippen LogP) is 3.56. The summed E-state index contributed by atoms with van der Waals surface area (Å²) >= 11 is 1.30. The fourth-order valence-corrected chi connectivity index (χ4v) is 2.98. The maximum atomic E-state index is 12.1. The van der Waals surface area contributed by atoms with Gasteiger partial charge in [0.05, 0.1) is 34.6 Å². The summed E-state index contributed by atoms with van der Waals surface area (Å²) in [7, 11) is 0. The van der Waals surface area contributed by atoms with E-state index < -0.39 is 0 Å². The molecule has 0 aliphatic carbocycles. The molecular formula is C18H16N4O2S. The number of H-pyrrole nitrogens is 1. The minimum Gasteiger partial charge on any atom is -0.494 e. The van der Waals surface area contributed by atoms with Crippen molar-refractivity contribution < 1.29 is 9.53 Å². The highest BCUT2D eigenvalue weighted by atomic mass is 32.2. The molecule has 0 saturated heterocycles. The van der Waals surface area contributed by atoms with Gasteiger partial charge in [-0.3, -0.25) is 4.79 Å². The molecule has 1 aromatic heterocycles. The van der Waals surface area contributed by atoms with Gasteiger partial charge in [0, 0.05) is 6.07 Å². The minimum atomic E-state index is -0.192. The zero-order valence-corrected chi connectivity index (χ0v) is 14.4. The number of aromatic amines is 1. The number of carbonyl (C=O) groups excluding carboxylic acids is 1. The number of para-hydroxylation sites is 1. The SMILES string of the molecule is CCOc1ccc2nc(SCC(=O)Nc3ccccc3C#N)[nH]c2c1. The highest BCUT2D eigenvalue weighted by molar-refractivity contribution is 7.99. The lowest BCUT2D eigenvalue weighted by atomic mass is 10.2. The zero-order chi connectivity index (χ0) is 17.6. The van der Waals surface area contributed by atoms with E-state index in [1.54, 1.807) is 24.3 Å². The summed E-state index contributed by atoms with van der Waals surface area (Å²) in [5.41, 5.74) is 2.64. The molecule has 0 fully saturated rings. The molecule has 0 aliphatic rings. The number of amides is 1. The van der Waals surface area contributed by atoms with Gasteiger partial charge < -0.3 is 15.0 Å². The number of nitrogens with zero attached hydrogens (tertiary/aromatic N) is 2. The lowest BCUT2D eigenvalue weighted by molar-refractivity contribution is -0.113. The molecule has 0 radical (unpaired) electrons. The van der Waals surface area contributed by atoms with Crippen LogP contribution in [0, 0.1) is 11.3 Å². The molecule has 3 rings (SSSR count). The van der Waals surface area contributed by atoms with E-state index in [1.165, 1.54) is 11.8 Å². The molecule has 0 saturated carbocycles. The van der Waals surface area contributed by atoms with Gasteiger partial charge in [-0.25, -0.2) is 4.98 Å². The molecule has 1 amide bonds. The van der Waals surface area contributed by atoms with Gasteiger partial charge in [-0.15, -0.1) is 0 Å². The van der Waals surface area contributed by atoms with Gasteiger partial charge in [0.1, 0.15) is 11.8 Å². The summed E-state index contributed by atoms with van der Waals surface area (Å²) in [4.78, 5) is 19.7. The van der Waals surface area contributed by atoms with Crippen LogP contribution in [0.5, 0.6) is 5.75 Å². The molecular weight excluding hydrogens is 336 g/mol. The van der Waals surface area contributed by atoms with Crippen molar-refractivity contribution in [2.45, 2.75) is 12.1 Å². The van der Waals surface area contributed by atoms with Crippen molar-refractivity contribution in [1.29, 1.82) is 5.26 Å². The summed E-state index contributed by atoms with van der Waals surface area (Å²) in [5, 5.41) is 12.5. The number of aromatic nitrogens is 2. The monoisotopic (exact) mass is 352 g/mol. The number of thioether (sulfide) groups is 1.